The van der Waals surface area contributed by atoms with Gasteiger partial charge in [-0.1, -0.05) is 0 Å². The first-order chi connectivity index (χ1) is 8.71. The van der Waals surface area contributed by atoms with Gasteiger partial charge in [-0.25, -0.2) is 0 Å². The predicted octanol–water partition coefficient (Wildman–Crippen LogP) is 0.328. The molecule has 2 rings (SSSR count). The molecule has 0 fully saturated rings. The number of hydrogen-bond acceptors (Lipinski definition) is 6. The summed E-state index contributed by atoms with van der Waals surface area (Å²) in [5.74, 6) is 1.98. The highest BCUT2D eigenvalue weighted by Crippen LogP contribution is 2.49. The van der Waals surface area contributed by atoms with Gasteiger partial charge in [-0.3, -0.25) is 0 Å². The summed E-state index contributed by atoms with van der Waals surface area (Å²) in [6.07, 6.45) is -0.615. The summed E-state index contributed by atoms with van der Waals surface area (Å²) >= 11 is 0. The van der Waals surface area contributed by atoms with Crippen LogP contribution in [0.5, 0.6) is 23.0 Å². The SMILES string of the molecule is COc1cc(C[C@@H](O)CO)c(OC)c2c1OCO2. The first-order valence-electron chi connectivity index (χ1n) is 5.53. The van der Waals surface area contributed by atoms with Crippen molar-refractivity contribution in [2.45, 2.75) is 12.5 Å². The second-order valence-electron chi connectivity index (χ2n) is 3.88. The molecule has 0 unspecified atom stereocenters. The molecule has 2 N–H and O–H groups in total. The smallest absolute Gasteiger partial charge is 0.231 e. The van der Waals surface area contributed by atoms with Crippen molar-refractivity contribution in [3.05, 3.63) is 11.6 Å². The number of fused-ring (bicyclic) bond motifs is 1. The van der Waals surface area contributed by atoms with Crippen molar-refractivity contribution in [3.8, 4) is 23.0 Å². The van der Waals surface area contributed by atoms with Gasteiger partial charge in [0.25, 0.3) is 0 Å². The van der Waals surface area contributed by atoms with E-state index >= 15 is 0 Å². The van der Waals surface area contributed by atoms with Crippen molar-refractivity contribution in [1.29, 1.82) is 0 Å². The van der Waals surface area contributed by atoms with Gasteiger partial charge in [0, 0.05) is 12.0 Å². The van der Waals surface area contributed by atoms with Gasteiger partial charge >= 0.3 is 0 Å². The summed E-state index contributed by atoms with van der Waals surface area (Å²) in [5.41, 5.74) is 0.695. The Balaban J connectivity index is 2.45. The molecular formula is C12H16O6. The standard InChI is InChI=1S/C12H16O6/c1-15-9-4-7(3-8(14)5-13)10(16-2)12-11(9)17-6-18-12/h4,8,13-14H,3,5-6H2,1-2H3/t8-/m1/s1. The van der Waals surface area contributed by atoms with E-state index in [0.717, 1.165) is 0 Å². The van der Waals surface area contributed by atoms with Crippen molar-refractivity contribution in [3.63, 3.8) is 0 Å². The largest absolute Gasteiger partial charge is 0.493 e. The maximum atomic E-state index is 9.53. The molecule has 6 heteroatoms. The Bertz CT molecular complexity index is 431. The Morgan fingerprint density at radius 2 is 2.00 bits per heavy atom. The molecule has 1 aliphatic rings. The average Bonchev–Trinajstić information content (AvgIpc) is 2.86. The minimum absolute atomic E-state index is 0.105. The van der Waals surface area contributed by atoms with Gasteiger partial charge in [0.15, 0.2) is 11.5 Å². The lowest BCUT2D eigenvalue weighted by Crippen LogP contribution is -2.15. The molecule has 1 aromatic carbocycles. The Kier molecular flexibility index (Phi) is 3.78. The summed E-state index contributed by atoms with van der Waals surface area (Å²) in [6.45, 7) is -0.214. The number of methoxy groups -OCH3 is 2. The van der Waals surface area contributed by atoms with E-state index in [9.17, 15) is 5.11 Å². The van der Waals surface area contributed by atoms with Crippen LogP contribution >= 0.6 is 0 Å². The van der Waals surface area contributed by atoms with Gasteiger partial charge < -0.3 is 29.2 Å². The molecule has 0 amide bonds. The van der Waals surface area contributed by atoms with Crippen LogP contribution in [0.1, 0.15) is 5.56 Å². The molecule has 1 heterocycles. The van der Waals surface area contributed by atoms with Crippen LogP contribution in [0, 0.1) is 0 Å². The molecule has 100 valence electrons. The number of aliphatic hydroxyl groups excluding tert-OH is 2. The van der Waals surface area contributed by atoms with Crippen molar-refractivity contribution in [2.75, 3.05) is 27.6 Å². The molecule has 0 radical (unpaired) electrons. The van der Waals surface area contributed by atoms with Gasteiger partial charge in [-0.05, 0) is 6.07 Å². The average molecular weight is 256 g/mol. The minimum atomic E-state index is -0.857. The summed E-state index contributed by atoms with van der Waals surface area (Å²) in [7, 11) is 3.04. The second kappa shape index (κ2) is 5.32. The molecule has 0 saturated carbocycles. The molecule has 1 aromatic rings. The van der Waals surface area contributed by atoms with Crippen LogP contribution in [0.3, 0.4) is 0 Å². The number of ether oxygens (including phenoxy) is 4. The molecule has 1 aliphatic heterocycles. The maximum absolute atomic E-state index is 9.53. The van der Waals surface area contributed by atoms with Crippen molar-refractivity contribution in [2.24, 2.45) is 0 Å². The quantitative estimate of drug-likeness (QED) is 0.790. The van der Waals surface area contributed by atoms with Gasteiger partial charge in [0.1, 0.15) is 0 Å². The van der Waals surface area contributed by atoms with Gasteiger partial charge in [-0.15, -0.1) is 0 Å². The minimum Gasteiger partial charge on any atom is -0.493 e. The van der Waals surface area contributed by atoms with Crippen LogP contribution in [-0.2, 0) is 6.42 Å². The van der Waals surface area contributed by atoms with E-state index in [1.807, 2.05) is 0 Å². The van der Waals surface area contributed by atoms with Crippen LogP contribution in [0.25, 0.3) is 0 Å². The van der Waals surface area contributed by atoms with Crippen LogP contribution in [-0.4, -0.2) is 43.9 Å². The van der Waals surface area contributed by atoms with Crippen LogP contribution in [0.15, 0.2) is 6.07 Å². The fourth-order valence-corrected chi connectivity index (χ4v) is 1.91. The normalized spacial score (nSPS) is 14.4. The van der Waals surface area contributed by atoms with E-state index in [2.05, 4.69) is 0 Å². The lowest BCUT2D eigenvalue weighted by molar-refractivity contribution is 0.0948. The van der Waals surface area contributed by atoms with Gasteiger partial charge in [-0.2, -0.15) is 0 Å². The summed E-state index contributed by atoms with van der Waals surface area (Å²) in [5, 5.41) is 18.4. The van der Waals surface area contributed by atoms with E-state index in [-0.39, 0.29) is 19.8 Å². The second-order valence-corrected chi connectivity index (χ2v) is 3.88. The molecule has 0 saturated heterocycles. The van der Waals surface area contributed by atoms with Crippen molar-refractivity contribution < 1.29 is 29.2 Å². The van der Waals surface area contributed by atoms with Crippen LogP contribution in [0.2, 0.25) is 0 Å². The fourth-order valence-electron chi connectivity index (χ4n) is 1.91. The molecule has 0 bridgehead atoms. The zero-order valence-corrected chi connectivity index (χ0v) is 10.3. The molecule has 6 nitrogen and oxygen atoms in total. The molecule has 0 spiro atoms. The third kappa shape index (κ3) is 2.16. The number of benzene rings is 1. The topological polar surface area (TPSA) is 77.4 Å². The number of hydrogen-bond donors (Lipinski definition) is 2. The van der Waals surface area contributed by atoms with E-state index < -0.39 is 6.10 Å². The van der Waals surface area contributed by atoms with Gasteiger partial charge in [0.2, 0.25) is 18.3 Å². The molecule has 0 aliphatic carbocycles. The first kappa shape index (κ1) is 12.8. The van der Waals surface area contributed by atoms with E-state index in [1.54, 1.807) is 6.07 Å². The molecule has 18 heavy (non-hydrogen) atoms. The molecule has 0 aromatic heterocycles. The van der Waals surface area contributed by atoms with E-state index in [4.69, 9.17) is 24.1 Å². The number of aliphatic hydroxyl groups is 2. The summed E-state index contributed by atoms with van der Waals surface area (Å²) in [6, 6.07) is 1.71. The van der Waals surface area contributed by atoms with Crippen LogP contribution < -0.4 is 18.9 Å². The number of rotatable bonds is 5. The Labute approximate surface area is 105 Å². The lowest BCUT2D eigenvalue weighted by atomic mass is 10.1. The zero-order chi connectivity index (χ0) is 13.1. The predicted molar refractivity (Wildman–Crippen MR) is 62.5 cm³/mol. The third-order valence-electron chi connectivity index (χ3n) is 2.73. The Hall–Kier alpha value is -1.66. The zero-order valence-electron chi connectivity index (χ0n) is 10.3. The Morgan fingerprint density at radius 3 is 2.61 bits per heavy atom. The summed E-state index contributed by atoms with van der Waals surface area (Å²) in [4.78, 5) is 0. The Morgan fingerprint density at radius 1 is 1.28 bits per heavy atom. The maximum Gasteiger partial charge on any atom is 0.231 e. The fraction of sp³-hybridized carbons (Fsp3) is 0.500. The first-order valence-corrected chi connectivity index (χ1v) is 5.53. The summed E-state index contributed by atoms with van der Waals surface area (Å²) < 4.78 is 21.1. The third-order valence-corrected chi connectivity index (χ3v) is 2.73. The van der Waals surface area contributed by atoms with E-state index in [0.29, 0.717) is 28.6 Å². The van der Waals surface area contributed by atoms with Crippen LogP contribution in [0.4, 0.5) is 0 Å². The van der Waals surface area contributed by atoms with Crippen molar-refractivity contribution >= 4 is 0 Å². The van der Waals surface area contributed by atoms with Crippen molar-refractivity contribution in [1.82, 2.24) is 0 Å². The highest BCUT2D eigenvalue weighted by atomic mass is 16.7. The highest BCUT2D eigenvalue weighted by Gasteiger charge is 2.27. The van der Waals surface area contributed by atoms with E-state index in [1.165, 1.54) is 14.2 Å². The monoisotopic (exact) mass is 256 g/mol. The molecule has 1 atom stereocenters. The highest BCUT2D eigenvalue weighted by molar-refractivity contribution is 5.64. The lowest BCUT2D eigenvalue weighted by Gasteiger charge is -2.15. The van der Waals surface area contributed by atoms with Gasteiger partial charge in [0.05, 0.1) is 26.9 Å². The molecular weight excluding hydrogens is 240 g/mol.